The summed E-state index contributed by atoms with van der Waals surface area (Å²) in [6.45, 7) is 3.52. The maximum Gasteiger partial charge on any atom is 0.266 e. The van der Waals surface area contributed by atoms with Crippen LogP contribution in [-0.2, 0) is 4.79 Å². The highest BCUT2D eigenvalue weighted by Gasteiger charge is 2.21. The molecule has 7 nitrogen and oxygen atoms in total. The van der Waals surface area contributed by atoms with E-state index in [-0.39, 0.29) is 17.2 Å². The molecule has 0 aliphatic heterocycles. The number of carbonyl (C=O) groups excluding carboxylic acids is 2. The highest BCUT2D eigenvalue weighted by atomic mass is 16.5. The summed E-state index contributed by atoms with van der Waals surface area (Å²) in [6.07, 6.45) is -0.368. The van der Waals surface area contributed by atoms with Gasteiger partial charge in [-0.2, -0.15) is 0 Å². The molecule has 2 amide bonds. The van der Waals surface area contributed by atoms with Gasteiger partial charge >= 0.3 is 0 Å². The second-order valence-corrected chi connectivity index (χ2v) is 4.69. The summed E-state index contributed by atoms with van der Waals surface area (Å²) >= 11 is 0. The van der Waals surface area contributed by atoms with E-state index < -0.39 is 12.0 Å². The van der Waals surface area contributed by atoms with E-state index in [2.05, 4.69) is 10.5 Å². The molecule has 3 N–H and O–H groups in total. The van der Waals surface area contributed by atoms with Gasteiger partial charge in [-0.25, -0.2) is 0 Å². The number of carbonyl (C=O) groups is 2. The van der Waals surface area contributed by atoms with Crippen molar-refractivity contribution in [1.82, 2.24) is 5.16 Å². The first-order chi connectivity index (χ1) is 10.5. The lowest BCUT2D eigenvalue weighted by Gasteiger charge is -2.17. The predicted octanol–water partition coefficient (Wildman–Crippen LogP) is 1.88. The fraction of sp³-hybridized carbons (Fsp3) is 0.267. The highest BCUT2D eigenvalue weighted by molar-refractivity contribution is 5.96. The van der Waals surface area contributed by atoms with E-state index >= 15 is 0 Å². The van der Waals surface area contributed by atoms with Crippen LogP contribution in [0.25, 0.3) is 0 Å². The van der Waals surface area contributed by atoms with E-state index in [1.165, 1.54) is 0 Å². The molecular weight excluding hydrogens is 286 g/mol. The summed E-state index contributed by atoms with van der Waals surface area (Å²) in [4.78, 5) is 23.6. The SMILES string of the molecule is CCC(Oc1ccccc1C(N)=O)C(=O)Nc1cc(C)on1. The first kappa shape index (κ1) is 15.6. The van der Waals surface area contributed by atoms with Crippen molar-refractivity contribution in [2.75, 3.05) is 5.32 Å². The van der Waals surface area contributed by atoms with Gasteiger partial charge < -0.3 is 20.3 Å². The van der Waals surface area contributed by atoms with Crippen molar-refractivity contribution < 1.29 is 18.8 Å². The second-order valence-electron chi connectivity index (χ2n) is 4.69. The Bertz CT molecular complexity index is 681. The summed E-state index contributed by atoms with van der Waals surface area (Å²) < 4.78 is 10.5. The van der Waals surface area contributed by atoms with E-state index in [9.17, 15) is 9.59 Å². The summed E-state index contributed by atoms with van der Waals surface area (Å²) in [5.74, 6) is 0.178. The molecule has 116 valence electrons. The standard InChI is InChI=1S/C15H17N3O4/c1-3-11(15(20)17-13-8-9(2)22-18-13)21-12-7-5-4-6-10(12)14(16)19/h4-8,11H,3H2,1-2H3,(H2,16,19)(H,17,18,20). The first-order valence-corrected chi connectivity index (χ1v) is 6.81. The maximum absolute atomic E-state index is 12.2. The molecule has 1 unspecified atom stereocenters. The zero-order valence-corrected chi connectivity index (χ0v) is 12.3. The van der Waals surface area contributed by atoms with Gasteiger partial charge in [-0.1, -0.05) is 24.2 Å². The molecule has 0 saturated heterocycles. The van der Waals surface area contributed by atoms with E-state index in [0.717, 1.165) is 0 Å². The van der Waals surface area contributed by atoms with Crippen LogP contribution >= 0.6 is 0 Å². The van der Waals surface area contributed by atoms with Gasteiger partial charge in [0.05, 0.1) is 5.56 Å². The lowest BCUT2D eigenvalue weighted by atomic mass is 10.2. The number of anilines is 1. The van der Waals surface area contributed by atoms with Gasteiger partial charge in [0.1, 0.15) is 11.5 Å². The average Bonchev–Trinajstić information content (AvgIpc) is 2.90. The Balaban J connectivity index is 2.12. The zero-order valence-electron chi connectivity index (χ0n) is 12.3. The highest BCUT2D eigenvalue weighted by Crippen LogP contribution is 2.20. The summed E-state index contributed by atoms with van der Waals surface area (Å²) in [5.41, 5.74) is 5.52. The molecule has 2 rings (SSSR count). The van der Waals surface area contributed by atoms with Gasteiger partial charge in [0.2, 0.25) is 0 Å². The number of hydrogen-bond donors (Lipinski definition) is 2. The molecule has 1 atom stereocenters. The Hall–Kier alpha value is -2.83. The Morgan fingerprint density at radius 3 is 2.73 bits per heavy atom. The molecule has 1 aromatic heterocycles. The molecule has 0 spiro atoms. The van der Waals surface area contributed by atoms with Crippen molar-refractivity contribution in [3.05, 3.63) is 41.7 Å². The van der Waals surface area contributed by atoms with Crippen molar-refractivity contribution in [2.24, 2.45) is 5.73 Å². The third kappa shape index (κ3) is 3.63. The number of nitrogens with zero attached hydrogens (tertiary/aromatic N) is 1. The van der Waals surface area contributed by atoms with E-state index in [1.54, 1.807) is 44.2 Å². The van der Waals surface area contributed by atoms with Gasteiger partial charge in [-0.15, -0.1) is 0 Å². The molecule has 0 aliphatic carbocycles. The molecule has 0 fully saturated rings. The third-order valence-electron chi connectivity index (χ3n) is 2.96. The van der Waals surface area contributed by atoms with Gasteiger partial charge in [-0.05, 0) is 25.5 Å². The number of ether oxygens (including phenoxy) is 1. The van der Waals surface area contributed by atoms with Crippen LogP contribution in [-0.4, -0.2) is 23.1 Å². The fourth-order valence-electron chi connectivity index (χ4n) is 1.88. The molecule has 1 aromatic carbocycles. The number of aryl methyl sites for hydroxylation is 1. The van der Waals surface area contributed by atoms with Gasteiger partial charge in [0.15, 0.2) is 11.9 Å². The normalized spacial score (nSPS) is 11.7. The number of nitrogens with one attached hydrogen (secondary N) is 1. The van der Waals surface area contributed by atoms with Crippen molar-refractivity contribution in [1.29, 1.82) is 0 Å². The maximum atomic E-state index is 12.2. The van der Waals surface area contributed by atoms with Crippen LogP contribution in [0.15, 0.2) is 34.9 Å². The Labute approximate surface area is 127 Å². The van der Waals surface area contributed by atoms with Crippen LogP contribution in [0.3, 0.4) is 0 Å². The van der Waals surface area contributed by atoms with E-state index in [0.29, 0.717) is 18.0 Å². The molecule has 1 heterocycles. The topological polar surface area (TPSA) is 107 Å². The summed E-state index contributed by atoms with van der Waals surface area (Å²) in [6, 6.07) is 8.11. The third-order valence-corrected chi connectivity index (χ3v) is 2.96. The fourth-order valence-corrected chi connectivity index (χ4v) is 1.88. The molecule has 7 heteroatoms. The largest absolute Gasteiger partial charge is 0.480 e. The quantitative estimate of drug-likeness (QED) is 0.847. The lowest BCUT2D eigenvalue weighted by molar-refractivity contribution is -0.122. The number of amides is 2. The number of hydrogen-bond acceptors (Lipinski definition) is 5. The number of nitrogens with two attached hydrogens (primary N) is 1. The minimum absolute atomic E-state index is 0.228. The Morgan fingerprint density at radius 2 is 2.14 bits per heavy atom. The Kier molecular flexibility index (Phi) is 4.77. The molecule has 0 radical (unpaired) electrons. The van der Waals surface area contributed by atoms with Crippen LogP contribution in [0, 0.1) is 6.92 Å². The summed E-state index contributed by atoms with van der Waals surface area (Å²) in [5, 5.41) is 6.29. The smallest absolute Gasteiger partial charge is 0.266 e. The van der Waals surface area contributed by atoms with Gasteiger partial charge in [-0.3, -0.25) is 9.59 Å². The van der Waals surface area contributed by atoms with Crippen LogP contribution in [0.4, 0.5) is 5.82 Å². The van der Waals surface area contributed by atoms with Crippen molar-refractivity contribution in [2.45, 2.75) is 26.4 Å². The van der Waals surface area contributed by atoms with E-state index in [1.807, 2.05) is 0 Å². The summed E-state index contributed by atoms with van der Waals surface area (Å²) in [7, 11) is 0. The number of aromatic nitrogens is 1. The predicted molar refractivity (Wildman–Crippen MR) is 79.5 cm³/mol. The molecular formula is C15H17N3O4. The van der Waals surface area contributed by atoms with Crippen LogP contribution in [0.1, 0.15) is 29.5 Å². The van der Waals surface area contributed by atoms with Crippen molar-refractivity contribution >= 4 is 17.6 Å². The van der Waals surface area contributed by atoms with Crippen LogP contribution < -0.4 is 15.8 Å². The van der Waals surface area contributed by atoms with Gasteiger partial charge in [0, 0.05) is 6.07 Å². The van der Waals surface area contributed by atoms with Crippen LogP contribution in [0.2, 0.25) is 0 Å². The number of benzene rings is 1. The molecule has 22 heavy (non-hydrogen) atoms. The minimum atomic E-state index is -0.780. The zero-order chi connectivity index (χ0) is 16.1. The Morgan fingerprint density at radius 1 is 1.41 bits per heavy atom. The first-order valence-electron chi connectivity index (χ1n) is 6.81. The van der Waals surface area contributed by atoms with Crippen molar-refractivity contribution in [3.63, 3.8) is 0 Å². The molecule has 2 aromatic rings. The van der Waals surface area contributed by atoms with E-state index in [4.69, 9.17) is 15.0 Å². The number of rotatable bonds is 6. The molecule has 0 aliphatic rings. The van der Waals surface area contributed by atoms with Crippen molar-refractivity contribution in [3.8, 4) is 5.75 Å². The van der Waals surface area contributed by atoms with Crippen LogP contribution in [0.5, 0.6) is 5.75 Å². The number of para-hydroxylation sites is 1. The average molecular weight is 303 g/mol. The minimum Gasteiger partial charge on any atom is -0.480 e. The monoisotopic (exact) mass is 303 g/mol. The van der Waals surface area contributed by atoms with Gasteiger partial charge in [0.25, 0.3) is 11.8 Å². The second kappa shape index (κ2) is 6.75. The molecule has 0 saturated carbocycles. The lowest BCUT2D eigenvalue weighted by Crippen LogP contribution is -2.33. The molecule has 0 bridgehead atoms. The number of primary amides is 1.